The number of aryl methyl sites for hydroxylation is 1. The lowest BCUT2D eigenvalue weighted by Crippen LogP contribution is -2.05. The Labute approximate surface area is 87.1 Å². The van der Waals surface area contributed by atoms with Gasteiger partial charge in [-0.1, -0.05) is 11.5 Å². The molecule has 1 rings (SSSR count). The lowest BCUT2D eigenvalue weighted by molar-refractivity contribution is 0.288. The van der Waals surface area contributed by atoms with E-state index < -0.39 is 0 Å². The molecule has 0 bridgehead atoms. The molecule has 4 heteroatoms. The van der Waals surface area contributed by atoms with Crippen LogP contribution in [0.4, 0.5) is 0 Å². The standard InChI is InChI=1S/C9H10BBrO2/c10-7-4-6(2-1-3-12)5-8(11)9(7)13/h4-5,12-13H,1-3H2. The first-order chi connectivity index (χ1) is 6.15. The molecule has 0 spiro atoms. The second-order valence-electron chi connectivity index (χ2n) is 2.84. The lowest BCUT2D eigenvalue weighted by atomic mass is 9.92. The van der Waals surface area contributed by atoms with Gasteiger partial charge in [-0.05, 0) is 40.4 Å². The monoisotopic (exact) mass is 240 g/mol. The Hall–Kier alpha value is -0.475. The number of rotatable bonds is 3. The van der Waals surface area contributed by atoms with E-state index in [1.54, 1.807) is 12.1 Å². The number of aliphatic hydroxyl groups is 1. The molecular formula is C9H10BBrO2. The van der Waals surface area contributed by atoms with Gasteiger partial charge in [0.15, 0.2) is 0 Å². The van der Waals surface area contributed by atoms with Crippen LogP contribution in [-0.2, 0) is 6.42 Å². The summed E-state index contributed by atoms with van der Waals surface area (Å²) in [7, 11) is 5.55. The van der Waals surface area contributed by atoms with Crippen LogP contribution in [-0.4, -0.2) is 24.7 Å². The Morgan fingerprint density at radius 1 is 1.38 bits per heavy atom. The van der Waals surface area contributed by atoms with E-state index in [4.69, 9.17) is 13.0 Å². The van der Waals surface area contributed by atoms with Gasteiger partial charge in [0.1, 0.15) is 13.6 Å². The molecule has 0 saturated heterocycles. The fraction of sp³-hybridized carbons (Fsp3) is 0.333. The molecule has 0 saturated carbocycles. The summed E-state index contributed by atoms with van der Waals surface area (Å²) in [5.74, 6) is 0.0766. The zero-order valence-corrected chi connectivity index (χ0v) is 8.71. The maximum atomic E-state index is 9.33. The summed E-state index contributed by atoms with van der Waals surface area (Å²) in [5.41, 5.74) is 1.37. The number of benzene rings is 1. The molecule has 0 amide bonds. The third-order valence-electron chi connectivity index (χ3n) is 1.78. The topological polar surface area (TPSA) is 40.5 Å². The highest BCUT2D eigenvalue weighted by Gasteiger charge is 2.03. The first-order valence-electron chi connectivity index (χ1n) is 4.03. The Bertz CT molecular complexity index is 279. The van der Waals surface area contributed by atoms with Gasteiger partial charge < -0.3 is 10.2 Å². The van der Waals surface area contributed by atoms with E-state index in [9.17, 15) is 5.11 Å². The summed E-state index contributed by atoms with van der Waals surface area (Å²) >= 11 is 3.20. The van der Waals surface area contributed by atoms with E-state index in [0.717, 1.165) is 12.0 Å². The predicted molar refractivity (Wildman–Crippen MR) is 56.6 cm³/mol. The van der Waals surface area contributed by atoms with Gasteiger partial charge in [0.05, 0.1) is 4.47 Å². The molecular weight excluding hydrogens is 231 g/mol. The summed E-state index contributed by atoms with van der Waals surface area (Å²) in [4.78, 5) is 0. The van der Waals surface area contributed by atoms with E-state index in [1.165, 1.54) is 0 Å². The predicted octanol–water partition coefficient (Wildman–Crippen LogP) is 0.873. The van der Waals surface area contributed by atoms with Crippen molar-refractivity contribution in [3.63, 3.8) is 0 Å². The molecule has 0 aromatic heterocycles. The van der Waals surface area contributed by atoms with E-state index in [-0.39, 0.29) is 12.4 Å². The number of aromatic hydroxyl groups is 1. The highest BCUT2D eigenvalue weighted by molar-refractivity contribution is 9.10. The minimum absolute atomic E-state index is 0.0766. The van der Waals surface area contributed by atoms with Gasteiger partial charge in [0, 0.05) is 6.61 Å². The molecule has 0 unspecified atom stereocenters. The molecule has 2 N–H and O–H groups in total. The number of phenols is 1. The molecule has 68 valence electrons. The van der Waals surface area contributed by atoms with Crippen LogP contribution in [0, 0.1) is 0 Å². The largest absolute Gasteiger partial charge is 0.507 e. The number of phenolic OH excluding ortho intramolecular Hbond substituents is 1. The smallest absolute Gasteiger partial charge is 0.122 e. The molecule has 2 nitrogen and oxygen atoms in total. The average Bonchev–Trinajstić information content (AvgIpc) is 2.10. The molecule has 0 fully saturated rings. The Kier molecular flexibility index (Phi) is 3.81. The molecule has 0 aliphatic rings. The summed E-state index contributed by atoms with van der Waals surface area (Å²) in [6.45, 7) is 0.165. The second-order valence-corrected chi connectivity index (χ2v) is 3.70. The SMILES string of the molecule is [B]c1cc(CCCO)cc(Br)c1O. The van der Waals surface area contributed by atoms with E-state index in [1.807, 2.05) is 0 Å². The van der Waals surface area contributed by atoms with E-state index in [0.29, 0.717) is 16.4 Å². The van der Waals surface area contributed by atoms with Crippen molar-refractivity contribution >= 4 is 29.2 Å². The summed E-state index contributed by atoms with van der Waals surface area (Å²) in [6.07, 6.45) is 1.47. The number of aliphatic hydroxyl groups excluding tert-OH is 1. The molecule has 0 aliphatic carbocycles. The number of halogens is 1. The van der Waals surface area contributed by atoms with Crippen LogP contribution in [0.3, 0.4) is 0 Å². The van der Waals surface area contributed by atoms with Crippen LogP contribution in [0.1, 0.15) is 12.0 Å². The fourth-order valence-corrected chi connectivity index (χ4v) is 1.63. The summed E-state index contributed by atoms with van der Waals surface area (Å²) in [5, 5.41) is 18.0. The van der Waals surface area contributed by atoms with Crippen LogP contribution in [0.15, 0.2) is 16.6 Å². The van der Waals surface area contributed by atoms with Crippen molar-refractivity contribution < 1.29 is 10.2 Å². The second kappa shape index (κ2) is 4.68. The van der Waals surface area contributed by atoms with E-state index in [2.05, 4.69) is 15.9 Å². The van der Waals surface area contributed by atoms with Gasteiger partial charge in [-0.3, -0.25) is 0 Å². The Morgan fingerprint density at radius 2 is 2.08 bits per heavy atom. The van der Waals surface area contributed by atoms with Crippen LogP contribution >= 0.6 is 15.9 Å². The molecule has 13 heavy (non-hydrogen) atoms. The molecule has 2 radical (unpaired) electrons. The number of hydrogen-bond acceptors (Lipinski definition) is 2. The molecule has 0 heterocycles. The minimum Gasteiger partial charge on any atom is -0.507 e. The first-order valence-corrected chi connectivity index (χ1v) is 4.82. The van der Waals surface area contributed by atoms with Gasteiger partial charge >= 0.3 is 0 Å². The average molecular weight is 241 g/mol. The molecule has 0 aliphatic heterocycles. The van der Waals surface area contributed by atoms with Gasteiger partial charge in [-0.15, -0.1) is 0 Å². The normalized spacial score (nSPS) is 10.3. The third-order valence-corrected chi connectivity index (χ3v) is 2.38. The maximum absolute atomic E-state index is 9.33. The minimum atomic E-state index is 0.0766. The van der Waals surface area contributed by atoms with Crippen molar-refractivity contribution in [1.82, 2.24) is 0 Å². The molecule has 0 atom stereocenters. The zero-order valence-electron chi connectivity index (χ0n) is 7.13. The van der Waals surface area contributed by atoms with E-state index >= 15 is 0 Å². The number of hydrogen-bond donors (Lipinski definition) is 2. The van der Waals surface area contributed by atoms with Crippen molar-refractivity contribution in [3.05, 3.63) is 22.2 Å². The van der Waals surface area contributed by atoms with Crippen LogP contribution in [0.5, 0.6) is 5.75 Å². The molecule has 1 aromatic carbocycles. The van der Waals surface area contributed by atoms with Crippen molar-refractivity contribution in [2.75, 3.05) is 6.61 Å². The van der Waals surface area contributed by atoms with Crippen molar-refractivity contribution in [2.24, 2.45) is 0 Å². The van der Waals surface area contributed by atoms with Crippen molar-refractivity contribution in [1.29, 1.82) is 0 Å². The highest BCUT2D eigenvalue weighted by Crippen LogP contribution is 2.22. The fourth-order valence-electron chi connectivity index (χ4n) is 1.11. The third kappa shape index (κ3) is 2.74. The van der Waals surface area contributed by atoms with Gasteiger partial charge in [-0.2, -0.15) is 0 Å². The quantitative estimate of drug-likeness (QED) is 0.771. The molecule has 1 aromatic rings. The Morgan fingerprint density at radius 3 is 2.62 bits per heavy atom. The lowest BCUT2D eigenvalue weighted by Gasteiger charge is -2.06. The Balaban J connectivity index is 2.86. The van der Waals surface area contributed by atoms with Crippen LogP contribution in [0.2, 0.25) is 0 Å². The highest BCUT2D eigenvalue weighted by atomic mass is 79.9. The van der Waals surface area contributed by atoms with Gasteiger partial charge in [0.2, 0.25) is 0 Å². The van der Waals surface area contributed by atoms with Crippen molar-refractivity contribution in [2.45, 2.75) is 12.8 Å². The summed E-state index contributed by atoms with van der Waals surface area (Å²) < 4.78 is 0.598. The summed E-state index contributed by atoms with van der Waals surface area (Å²) in [6, 6.07) is 3.52. The van der Waals surface area contributed by atoms with Crippen LogP contribution < -0.4 is 5.46 Å². The van der Waals surface area contributed by atoms with Gasteiger partial charge in [0.25, 0.3) is 0 Å². The maximum Gasteiger partial charge on any atom is 0.122 e. The first kappa shape index (κ1) is 10.6. The van der Waals surface area contributed by atoms with Crippen molar-refractivity contribution in [3.8, 4) is 5.75 Å². The van der Waals surface area contributed by atoms with Crippen LogP contribution in [0.25, 0.3) is 0 Å². The zero-order chi connectivity index (χ0) is 9.84. The van der Waals surface area contributed by atoms with Gasteiger partial charge in [-0.25, -0.2) is 0 Å².